The van der Waals surface area contributed by atoms with E-state index in [1.54, 1.807) is 0 Å². The van der Waals surface area contributed by atoms with Crippen LogP contribution in [0.4, 0.5) is 0 Å². The molecule has 1 atom stereocenters. The maximum atomic E-state index is 5.92. The van der Waals surface area contributed by atoms with Crippen molar-refractivity contribution in [2.45, 2.75) is 31.2 Å². The average Bonchev–Trinajstić information content (AvgIpc) is 2.79. The van der Waals surface area contributed by atoms with Gasteiger partial charge < -0.3 is 9.47 Å². The quantitative estimate of drug-likeness (QED) is 0.746. The molecule has 2 rings (SSSR count). The van der Waals surface area contributed by atoms with Crippen LogP contribution in [0.15, 0.2) is 16.6 Å². The van der Waals surface area contributed by atoms with E-state index < -0.39 is 0 Å². The zero-order valence-electron chi connectivity index (χ0n) is 9.84. The van der Waals surface area contributed by atoms with Crippen molar-refractivity contribution in [2.24, 2.45) is 0 Å². The van der Waals surface area contributed by atoms with E-state index in [-0.39, 0.29) is 6.10 Å². The number of ether oxygens (including phenoxy) is 2. The van der Waals surface area contributed by atoms with Gasteiger partial charge in [0.05, 0.1) is 6.10 Å². The molecule has 0 aromatic heterocycles. The first-order valence-electron chi connectivity index (χ1n) is 5.80. The first-order chi connectivity index (χ1) is 8.20. The molecule has 0 radical (unpaired) electrons. The summed E-state index contributed by atoms with van der Waals surface area (Å²) in [5, 5.41) is 0.800. The lowest BCUT2D eigenvalue weighted by molar-refractivity contribution is 0.0675. The third kappa shape index (κ3) is 3.46. The number of hydrogen-bond donors (Lipinski definition) is 0. The van der Waals surface area contributed by atoms with Gasteiger partial charge in [-0.1, -0.05) is 31.9 Å². The first-order valence-corrected chi connectivity index (χ1v) is 7.71. The monoisotopic (exact) mass is 362 g/mol. The summed E-state index contributed by atoms with van der Waals surface area (Å²) in [5.74, 6) is 0.987. The van der Waals surface area contributed by atoms with E-state index in [2.05, 4.69) is 50.9 Å². The molecule has 94 valence electrons. The molecule has 0 bridgehead atoms. The number of alkyl halides is 1. The third-order valence-electron chi connectivity index (χ3n) is 2.90. The molecule has 1 aliphatic rings. The Kier molecular flexibility index (Phi) is 4.88. The fraction of sp³-hybridized carbons (Fsp3) is 0.538. The predicted molar refractivity (Wildman–Crippen MR) is 76.0 cm³/mol. The Labute approximate surface area is 119 Å². The zero-order valence-corrected chi connectivity index (χ0v) is 13.0. The standard InChI is InChI=1S/C13H16Br2O2/c1-9-5-11(15)6-10(7-14)13(9)17-8-12-3-2-4-16-12/h5-6,12H,2-4,7-8H2,1H3. The van der Waals surface area contributed by atoms with E-state index in [9.17, 15) is 0 Å². The molecule has 1 aromatic carbocycles. The van der Waals surface area contributed by atoms with Crippen LogP contribution in [-0.4, -0.2) is 19.3 Å². The smallest absolute Gasteiger partial charge is 0.126 e. The maximum Gasteiger partial charge on any atom is 0.126 e. The second-order valence-electron chi connectivity index (χ2n) is 4.29. The molecule has 0 amide bonds. The highest BCUT2D eigenvalue weighted by Crippen LogP contribution is 2.30. The van der Waals surface area contributed by atoms with Crippen LogP contribution >= 0.6 is 31.9 Å². The fourth-order valence-corrected chi connectivity index (χ4v) is 3.09. The van der Waals surface area contributed by atoms with Gasteiger partial charge in [0.15, 0.2) is 0 Å². The Bertz CT molecular complexity index is 387. The average molecular weight is 364 g/mol. The number of hydrogen-bond acceptors (Lipinski definition) is 2. The minimum atomic E-state index is 0.265. The number of aryl methyl sites for hydroxylation is 1. The number of halogens is 2. The van der Waals surface area contributed by atoms with Crippen LogP contribution in [0.1, 0.15) is 24.0 Å². The van der Waals surface area contributed by atoms with Gasteiger partial charge in [-0.3, -0.25) is 0 Å². The van der Waals surface area contributed by atoms with Gasteiger partial charge in [-0.15, -0.1) is 0 Å². The summed E-state index contributed by atoms with van der Waals surface area (Å²) in [6.07, 6.45) is 2.53. The van der Waals surface area contributed by atoms with Gasteiger partial charge in [-0.2, -0.15) is 0 Å². The molecular formula is C13H16Br2O2. The minimum Gasteiger partial charge on any atom is -0.490 e. The van der Waals surface area contributed by atoms with Crippen LogP contribution in [0.2, 0.25) is 0 Å². The van der Waals surface area contributed by atoms with Crippen molar-refractivity contribution in [3.8, 4) is 5.75 Å². The summed E-state index contributed by atoms with van der Waals surface area (Å²) in [4.78, 5) is 0. The van der Waals surface area contributed by atoms with E-state index in [4.69, 9.17) is 9.47 Å². The van der Waals surface area contributed by atoms with Crippen molar-refractivity contribution in [2.75, 3.05) is 13.2 Å². The summed E-state index contributed by atoms with van der Waals surface area (Å²) in [6, 6.07) is 4.17. The normalized spacial score (nSPS) is 19.6. The summed E-state index contributed by atoms with van der Waals surface area (Å²) in [7, 11) is 0. The molecule has 0 aliphatic carbocycles. The number of benzene rings is 1. The molecule has 4 heteroatoms. The third-order valence-corrected chi connectivity index (χ3v) is 3.96. The molecule has 1 heterocycles. The molecule has 0 spiro atoms. The second kappa shape index (κ2) is 6.21. The topological polar surface area (TPSA) is 18.5 Å². The summed E-state index contributed by atoms with van der Waals surface area (Å²) in [6.45, 7) is 3.60. The van der Waals surface area contributed by atoms with E-state index >= 15 is 0 Å². The molecule has 1 aromatic rings. The van der Waals surface area contributed by atoms with Gasteiger partial charge in [0, 0.05) is 22.0 Å². The van der Waals surface area contributed by atoms with E-state index in [1.807, 2.05) is 0 Å². The highest BCUT2D eigenvalue weighted by Gasteiger charge is 2.17. The van der Waals surface area contributed by atoms with E-state index in [0.29, 0.717) is 6.61 Å². The summed E-state index contributed by atoms with van der Waals surface area (Å²) in [5.41, 5.74) is 2.33. The summed E-state index contributed by atoms with van der Waals surface area (Å²) < 4.78 is 12.6. The molecule has 1 fully saturated rings. The molecular weight excluding hydrogens is 348 g/mol. The van der Waals surface area contributed by atoms with Crippen molar-refractivity contribution in [1.29, 1.82) is 0 Å². The Morgan fingerprint density at radius 3 is 2.94 bits per heavy atom. The van der Waals surface area contributed by atoms with Crippen LogP contribution < -0.4 is 4.74 Å². The van der Waals surface area contributed by atoms with Gasteiger partial charge in [-0.05, 0) is 37.5 Å². The molecule has 1 unspecified atom stereocenters. The highest BCUT2D eigenvalue weighted by molar-refractivity contribution is 9.10. The summed E-state index contributed by atoms with van der Waals surface area (Å²) >= 11 is 7.00. The number of rotatable bonds is 4. The molecule has 0 saturated carbocycles. The van der Waals surface area contributed by atoms with Crippen molar-refractivity contribution in [3.05, 3.63) is 27.7 Å². The second-order valence-corrected chi connectivity index (χ2v) is 5.77. The SMILES string of the molecule is Cc1cc(Br)cc(CBr)c1OCC1CCCO1. The minimum absolute atomic E-state index is 0.265. The Morgan fingerprint density at radius 2 is 2.29 bits per heavy atom. The Balaban J connectivity index is 2.08. The largest absolute Gasteiger partial charge is 0.490 e. The van der Waals surface area contributed by atoms with Crippen molar-refractivity contribution < 1.29 is 9.47 Å². The van der Waals surface area contributed by atoms with Crippen LogP contribution in [0.25, 0.3) is 0 Å². The van der Waals surface area contributed by atoms with Crippen LogP contribution in [0, 0.1) is 6.92 Å². The Hall–Kier alpha value is -0.0600. The van der Waals surface area contributed by atoms with Crippen molar-refractivity contribution in [3.63, 3.8) is 0 Å². The van der Waals surface area contributed by atoms with E-state index in [1.165, 1.54) is 5.56 Å². The van der Waals surface area contributed by atoms with Crippen molar-refractivity contribution in [1.82, 2.24) is 0 Å². The molecule has 1 saturated heterocycles. The lowest BCUT2D eigenvalue weighted by atomic mass is 10.1. The highest BCUT2D eigenvalue weighted by atomic mass is 79.9. The van der Waals surface area contributed by atoms with Gasteiger partial charge in [0.1, 0.15) is 12.4 Å². The molecule has 0 N–H and O–H groups in total. The first kappa shape index (κ1) is 13.4. The lowest BCUT2D eigenvalue weighted by Crippen LogP contribution is -2.17. The van der Waals surface area contributed by atoms with E-state index in [0.717, 1.165) is 40.6 Å². The van der Waals surface area contributed by atoms with Gasteiger partial charge in [0.2, 0.25) is 0 Å². The van der Waals surface area contributed by atoms with Gasteiger partial charge in [-0.25, -0.2) is 0 Å². The molecule has 1 aliphatic heterocycles. The van der Waals surface area contributed by atoms with Crippen molar-refractivity contribution >= 4 is 31.9 Å². The maximum absolute atomic E-state index is 5.92. The molecule has 2 nitrogen and oxygen atoms in total. The molecule has 17 heavy (non-hydrogen) atoms. The fourth-order valence-electron chi connectivity index (χ4n) is 2.06. The van der Waals surface area contributed by atoms with Crippen LogP contribution in [0.5, 0.6) is 5.75 Å². The Morgan fingerprint density at radius 1 is 1.47 bits per heavy atom. The van der Waals surface area contributed by atoms with Crippen LogP contribution in [0.3, 0.4) is 0 Å². The lowest BCUT2D eigenvalue weighted by Gasteiger charge is -2.16. The van der Waals surface area contributed by atoms with Gasteiger partial charge in [0.25, 0.3) is 0 Å². The predicted octanol–water partition coefficient (Wildman–Crippen LogP) is 4.21. The zero-order chi connectivity index (χ0) is 12.3. The van der Waals surface area contributed by atoms with Gasteiger partial charge >= 0.3 is 0 Å². The van der Waals surface area contributed by atoms with Crippen LogP contribution in [-0.2, 0) is 10.1 Å².